The summed E-state index contributed by atoms with van der Waals surface area (Å²) in [5.74, 6) is 0.671. The molecule has 2 rings (SSSR count). The molecule has 0 amide bonds. The third kappa shape index (κ3) is 3.61. The number of nitrogens with zero attached hydrogens (tertiary/aromatic N) is 3. The van der Waals surface area contributed by atoms with Crippen LogP contribution in [0.4, 0.5) is 0 Å². The second kappa shape index (κ2) is 6.27. The highest BCUT2D eigenvalue weighted by molar-refractivity contribution is 6.30. The van der Waals surface area contributed by atoms with Crippen LogP contribution in [0.5, 0.6) is 0 Å². The molecule has 1 aromatic heterocycles. The Hall–Kier alpha value is -0.580. The predicted molar refractivity (Wildman–Crippen MR) is 88.7 cm³/mol. The molecule has 21 heavy (non-hydrogen) atoms. The van der Waals surface area contributed by atoms with Gasteiger partial charge in [-0.15, -0.1) is 0 Å². The third-order valence-corrected chi connectivity index (χ3v) is 5.26. The predicted octanol–water partition coefficient (Wildman–Crippen LogP) is 2.98. The Balaban J connectivity index is 2.23. The van der Waals surface area contributed by atoms with E-state index in [-0.39, 0.29) is 5.54 Å². The maximum absolute atomic E-state index is 6.42. The molecule has 0 radical (unpaired) electrons. The highest BCUT2D eigenvalue weighted by Gasteiger charge is 2.35. The monoisotopic (exact) mass is 312 g/mol. The Bertz CT molecular complexity index is 495. The quantitative estimate of drug-likeness (QED) is 0.928. The molecule has 1 fully saturated rings. The van der Waals surface area contributed by atoms with E-state index in [1.54, 1.807) is 4.68 Å². The summed E-state index contributed by atoms with van der Waals surface area (Å²) in [7, 11) is 1.91. The molecule has 2 unspecified atom stereocenters. The van der Waals surface area contributed by atoms with Crippen LogP contribution in [0.2, 0.25) is 5.15 Å². The molecule has 1 aliphatic heterocycles. The number of nitrogens with one attached hydrogen (secondary N) is 1. The van der Waals surface area contributed by atoms with Crippen molar-refractivity contribution in [3.63, 3.8) is 0 Å². The topological polar surface area (TPSA) is 33.1 Å². The number of hydrogen-bond donors (Lipinski definition) is 1. The zero-order valence-electron chi connectivity index (χ0n) is 14.2. The van der Waals surface area contributed by atoms with E-state index < -0.39 is 0 Å². The molecular formula is C16H29ClN4. The van der Waals surface area contributed by atoms with Crippen LogP contribution >= 0.6 is 11.6 Å². The smallest absolute Gasteiger partial charge is 0.131 e. The van der Waals surface area contributed by atoms with Gasteiger partial charge in [0, 0.05) is 43.8 Å². The summed E-state index contributed by atoms with van der Waals surface area (Å²) in [4.78, 5) is 2.58. The van der Waals surface area contributed by atoms with Crippen LogP contribution in [0.15, 0.2) is 0 Å². The fraction of sp³-hybridized carbons (Fsp3) is 0.812. The lowest BCUT2D eigenvalue weighted by molar-refractivity contribution is 0.0570. The molecule has 0 spiro atoms. The summed E-state index contributed by atoms with van der Waals surface area (Å²) in [6.45, 7) is 14.2. The summed E-state index contributed by atoms with van der Waals surface area (Å²) in [6, 6.07) is 0.554. The minimum absolute atomic E-state index is 0.145. The van der Waals surface area contributed by atoms with Gasteiger partial charge in [0.15, 0.2) is 0 Å². The van der Waals surface area contributed by atoms with Gasteiger partial charge in [-0.2, -0.15) is 5.10 Å². The van der Waals surface area contributed by atoms with E-state index in [0.29, 0.717) is 12.0 Å². The van der Waals surface area contributed by atoms with Gasteiger partial charge >= 0.3 is 0 Å². The van der Waals surface area contributed by atoms with E-state index in [0.717, 1.165) is 30.5 Å². The molecule has 1 aromatic rings. The molecule has 0 aliphatic carbocycles. The summed E-state index contributed by atoms with van der Waals surface area (Å²) in [5.41, 5.74) is 2.36. The molecule has 2 atom stereocenters. The number of piperazine rings is 1. The third-order valence-electron chi connectivity index (χ3n) is 4.79. The van der Waals surface area contributed by atoms with Crippen molar-refractivity contribution in [1.82, 2.24) is 20.0 Å². The molecule has 1 saturated heterocycles. The zero-order valence-corrected chi connectivity index (χ0v) is 15.0. The van der Waals surface area contributed by atoms with Gasteiger partial charge in [-0.05, 0) is 26.7 Å². The Labute approximate surface area is 133 Å². The summed E-state index contributed by atoms with van der Waals surface area (Å²) < 4.78 is 1.78. The number of aromatic nitrogens is 2. The second-order valence-corrected chi connectivity index (χ2v) is 7.46. The van der Waals surface area contributed by atoms with Crippen molar-refractivity contribution in [3.05, 3.63) is 16.4 Å². The maximum atomic E-state index is 6.42. The number of rotatable bonds is 4. The molecule has 0 bridgehead atoms. The molecule has 2 heterocycles. The highest BCUT2D eigenvalue weighted by atomic mass is 35.5. The SMILES string of the molecule is CCC(C)C1CNC(C)(C)CN1Cc1c(C)nn(C)c1Cl. The van der Waals surface area contributed by atoms with Crippen molar-refractivity contribution in [2.45, 2.75) is 59.2 Å². The van der Waals surface area contributed by atoms with E-state index in [2.05, 4.69) is 43.0 Å². The van der Waals surface area contributed by atoms with E-state index in [1.807, 2.05) is 14.0 Å². The normalized spacial score (nSPS) is 24.2. The van der Waals surface area contributed by atoms with Crippen LogP contribution in [-0.2, 0) is 13.6 Å². The largest absolute Gasteiger partial charge is 0.309 e. The van der Waals surface area contributed by atoms with Crippen LogP contribution in [0.25, 0.3) is 0 Å². The van der Waals surface area contributed by atoms with Gasteiger partial charge in [-0.1, -0.05) is 31.9 Å². The molecule has 4 nitrogen and oxygen atoms in total. The average molecular weight is 313 g/mol. The molecule has 0 aromatic carbocycles. The number of halogens is 1. The fourth-order valence-corrected chi connectivity index (χ4v) is 3.49. The molecule has 120 valence electrons. The Morgan fingerprint density at radius 1 is 1.48 bits per heavy atom. The van der Waals surface area contributed by atoms with Gasteiger partial charge in [0.1, 0.15) is 5.15 Å². The van der Waals surface area contributed by atoms with Crippen LogP contribution in [0.1, 0.15) is 45.4 Å². The fourth-order valence-electron chi connectivity index (χ4n) is 3.25. The molecular weight excluding hydrogens is 284 g/mol. The summed E-state index contributed by atoms with van der Waals surface area (Å²) >= 11 is 6.42. The number of aryl methyl sites for hydroxylation is 2. The van der Waals surface area contributed by atoms with Crippen LogP contribution in [0, 0.1) is 12.8 Å². The van der Waals surface area contributed by atoms with Crippen LogP contribution < -0.4 is 5.32 Å². The average Bonchev–Trinajstić information content (AvgIpc) is 2.64. The highest BCUT2D eigenvalue weighted by Crippen LogP contribution is 2.27. The summed E-state index contributed by atoms with van der Waals surface area (Å²) in [6.07, 6.45) is 1.20. The van der Waals surface area contributed by atoms with E-state index in [1.165, 1.54) is 12.0 Å². The van der Waals surface area contributed by atoms with E-state index in [4.69, 9.17) is 11.6 Å². The second-order valence-electron chi connectivity index (χ2n) is 7.10. The van der Waals surface area contributed by atoms with Crippen molar-refractivity contribution in [3.8, 4) is 0 Å². The van der Waals surface area contributed by atoms with Crippen LogP contribution in [0.3, 0.4) is 0 Å². The van der Waals surface area contributed by atoms with E-state index >= 15 is 0 Å². The number of hydrogen-bond acceptors (Lipinski definition) is 3. The van der Waals surface area contributed by atoms with Gasteiger partial charge < -0.3 is 5.32 Å². The molecule has 0 saturated carbocycles. The van der Waals surface area contributed by atoms with Crippen molar-refractivity contribution in [1.29, 1.82) is 0 Å². The lowest BCUT2D eigenvalue weighted by atomic mass is 9.90. The van der Waals surface area contributed by atoms with Gasteiger partial charge in [0.2, 0.25) is 0 Å². The first-order valence-corrected chi connectivity index (χ1v) is 8.30. The van der Waals surface area contributed by atoms with Crippen molar-refractivity contribution < 1.29 is 0 Å². The molecule has 1 N–H and O–H groups in total. The van der Waals surface area contributed by atoms with Crippen molar-refractivity contribution in [2.24, 2.45) is 13.0 Å². The minimum atomic E-state index is 0.145. The lowest BCUT2D eigenvalue weighted by Crippen LogP contribution is -2.62. The molecule has 5 heteroatoms. The first-order chi connectivity index (χ1) is 9.75. The van der Waals surface area contributed by atoms with Gasteiger partial charge in [0.05, 0.1) is 5.69 Å². The summed E-state index contributed by atoms with van der Waals surface area (Å²) in [5, 5.41) is 8.89. The Morgan fingerprint density at radius 3 is 2.67 bits per heavy atom. The van der Waals surface area contributed by atoms with Crippen LogP contribution in [-0.4, -0.2) is 39.4 Å². The lowest BCUT2D eigenvalue weighted by Gasteiger charge is -2.46. The Kier molecular flexibility index (Phi) is 5.01. The van der Waals surface area contributed by atoms with E-state index in [9.17, 15) is 0 Å². The van der Waals surface area contributed by atoms with Gasteiger partial charge in [-0.3, -0.25) is 9.58 Å². The van der Waals surface area contributed by atoms with Gasteiger partial charge in [-0.25, -0.2) is 0 Å². The first-order valence-electron chi connectivity index (χ1n) is 7.92. The first kappa shape index (κ1) is 16.8. The standard InChI is InChI=1S/C16H29ClN4/c1-7-11(2)14-8-18-16(4,5)10-21(14)9-13-12(3)19-20(6)15(13)17/h11,14,18H,7-10H2,1-6H3. The Morgan fingerprint density at radius 2 is 2.14 bits per heavy atom. The minimum Gasteiger partial charge on any atom is -0.309 e. The zero-order chi connectivity index (χ0) is 15.8. The molecule has 1 aliphatic rings. The van der Waals surface area contributed by atoms with Crippen molar-refractivity contribution in [2.75, 3.05) is 13.1 Å². The van der Waals surface area contributed by atoms with Gasteiger partial charge in [0.25, 0.3) is 0 Å². The maximum Gasteiger partial charge on any atom is 0.131 e. The van der Waals surface area contributed by atoms with Crippen molar-refractivity contribution >= 4 is 11.6 Å².